The molecule has 3 N–H and O–H groups in total. The summed E-state index contributed by atoms with van der Waals surface area (Å²) in [7, 11) is 0. The van der Waals surface area contributed by atoms with E-state index in [1.807, 2.05) is 0 Å². The lowest BCUT2D eigenvalue weighted by atomic mass is 10.0. The van der Waals surface area contributed by atoms with Gasteiger partial charge in [0.1, 0.15) is 11.9 Å². The molecule has 2 aromatic heterocycles. The van der Waals surface area contributed by atoms with Gasteiger partial charge in [0.05, 0.1) is 0 Å². The van der Waals surface area contributed by atoms with Gasteiger partial charge in [-0.25, -0.2) is 23.1 Å². The summed E-state index contributed by atoms with van der Waals surface area (Å²) in [5.74, 6) is -2.80. The Morgan fingerprint density at radius 3 is 2.59 bits per heavy atom. The van der Waals surface area contributed by atoms with Crippen molar-refractivity contribution in [3.05, 3.63) is 59.5 Å². The number of amides is 1. The van der Waals surface area contributed by atoms with Gasteiger partial charge in [0.15, 0.2) is 11.6 Å². The number of hydrogen-bond donors (Lipinski definition) is 2. The van der Waals surface area contributed by atoms with Crippen molar-refractivity contribution in [3.8, 4) is 11.6 Å². The molecule has 34 heavy (non-hydrogen) atoms. The third kappa shape index (κ3) is 5.92. The highest BCUT2D eigenvalue weighted by Crippen LogP contribution is 2.32. The quantitative estimate of drug-likeness (QED) is 0.402. The second-order valence-corrected chi connectivity index (χ2v) is 7.41. The van der Waals surface area contributed by atoms with Gasteiger partial charge < -0.3 is 20.3 Å². The van der Waals surface area contributed by atoms with E-state index >= 15 is 0 Å². The van der Waals surface area contributed by atoms with Crippen LogP contribution >= 0.6 is 0 Å². The van der Waals surface area contributed by atoms with Gasteiger partial charge in [-0.05, 0) is 37.0 Å². The van der Waals surface area contributed by atoms with Crippen molar-refractivity contribution < 1.29 is 32.4 Å². The van der Waals surface area contributed by atoms with Crippen molar-refractivity contribution >= 4 is 12.4 Å². The Hall–Kier alpha value is -3.87. The minimum Gasteiger partial charge on any atom is -0.483 e. The summed E-state index contributed by atoms with van der Waals surface area (Å²) in [6.07, 6.45) is 4.28. The molecule has 1 saturated heterocycles. The molecule has 10 nitrogen and oxygen atoms in total. The van der Waals surface area contributed by atoms with Crippen LogP contribution in [0.2, 0.25) is 0 Å². The number of nitrogens with zero attached hydrogens (tertiary/aromatic N) is 5. The van der Waals surface area contributed by atoms with E-state index in [2.05, 4.69) is 20.1 Å². The van der Waals surface area contributed by atoms with Gasteiger partial charge in [-0.3, -0.25) is 9.59 Å². The molecular weight excluding hydrogens is 457 g/mol. The maximum atomic E-state index is 13.9. The molecule has 1 amide bonds. The third-order valence-corrected chi connectivity index (χ3v) is 5.07. The molecule has 0 bridgehead atoms. The van der Waals surface area contributed by atoms with Crippen molar-refractivity contribution in [2.24, 2.45) is 5.73 Å². The van der Waals surface area contributed by atoms with Gasteiger partial charge in [0.2, 0.25) is 23.4 Å². The van der Waals surface area contributed by atoms with Crippen LogP contribution in [0, 0.1) is 17.5 Å². The summed E-state index contributed by atoms with van der Waals surface area (Å²) in [6.45, 7) is 0.231. The zero-order chi connectivity index (χ0) is 24.7. The largest absolute Gasteiger partial charge is 0.483 e. The number of carboxylic acid groups (broad SMARTS) is 1. The lowest BCUT2D eigenvalue weighted by Crippen LogP contribution is -2.36. The first kappa shape index (κ1) is 24.8. The number of benzene rings is 1. The predicted molar refractivity (Wildman–Crippen MR) is 110 cm³/mol. The van der Waals surface area contributed by atoms with E-state index in [0.29, 0.717) is 24.9 Å². The number of nitrogens with two attached hydrogens (primary N) is 1. The second kappa shape index (κ2) is 11.3. The second-order valence-electron chi connectivity index (χ2n) is 7.41. The van der Waals surface area contributed by atoms with E-state index in [1.54, 1.807) is 23.4 Å². The van der Waals surface area contributed by atoms with Crippen molar-refractivity contribution in [3.63, 3.8) is 0 Å². The summed E-state index contributed by atoms with van der Waals surface area (Å²) in [6, 6.07) is 1.71. The molecule has 1 aliphatic rings. The number of carbonyl (C=O) groups is 2. The highest BCUT2D eigenvalue weighted by molar-refractivity contribution is 5.77. The number of likely N-dealkylation sites (tertiary alicyclic amines) is 1. The number of halogens is 3. The minimum atomic E-state index is -1.27. The molecule has 1 fully saturated rings. The van der Waals surface area contributed by atoms with E-state index in [9.17, 15) is 18.0 Å². The maximum Gasteiger partial charge on any atom is 0.290 e. The Balaban J connectivity index is 0.00000103. The van der Waals surface area contributed by atoms with Crippen molar-refractivity contribution in [2.45, 2.75) is 37.8 Å². The SMILES string of the molecule is N[C@@H](CC(=O)N1CCC[C@H]1c1nc(-c2ncccn2)no1)Cc1cc(F)c(F)cc1F.O=CO. The molecule has 13 heteroatoms. The van der Waals surface area contributed by atoms with Gasteiger partial charge in [-0.1, -0.05) is 5.16 Å². The van der Waals surface area contributed by atoms with Crippen LogP contribution in [0.3, 0.4) is 0 Å². The lowest BCUT2D eigenvalue weighted by Gasteiger charge is -2.23. The van der Waals surface area contributed by atoms with Gasteiger partial charge >= 0.3 is 0 Å². The Kier molecular flexibility index (Phi) is 8.24. The van der Waals surface area contributed by atoms with Crippen LogP contribution in [-0.4, -0.2) is 55.1 Å². The van der Waals surface area contributed by atoms with E-state index in [4.69, 9.17) is 20.2 Å². The normalized spacial score (nSPS) is 16.0. The Bertz CT molecular complexity index is 1130. The molecule has 4 rings (SSSR count). The average Bonchev–Trinajstić information content (AvgIpc) is 3.48. The topological polar surface area (TPSA) is 148 Å². The van der Waals surface area contributed by atoms with E-state index in [1.165, 1.54) is 0 Å². The van der Waals surface area contributed by atoms with Crippen LogP contribution in [0.15, 0.2) is 35.1 Å². The fourth-order valence-electron chi connectivity index (χ4n) is 3.61. The minimum absolute atomic E-state index is 0.0819. The van der Waals surface area contributed by atoms with E-state index in [0.717, 1.165) is 12.5 Å². The van der Waals surface area contributed by atoms with Crippen molar-refractivity contribution in [1.82, 2.24) is 25.0 Å². The Morgan fingerprint density at radius 2 is 1.88 bits per heavy atom. The van der Waals surface area contributed by atoms with Crippen molar-refractivity contribution in [2.75, 3.05) is 6.54 Å². The van der Waals surface area contributed by atoms with Crippen LogP contribution in [0.4, 0.5) is 13.2 Å². The highest BCUT2D eigenvalue weighted by atomic mass is 19.2. The van der Waals surface area contributed by atoms with E-state index in [-0.39, 0.29) is 42.5 Å². The maximum absolute atomic E-state index is 13.9. The molecule has 0 radical (unpaired) electrons. The van der Waals surface area contributed by atoms with Gasteiger partial charge in [0.25, 0.3) is 6.47 Å². The van der Waals surface area contributed by atoms with E-state index < -0.39 is 29.5 Å². The molecule has 2 atom stereocenters. The monoisotopic (exact) mass is 478 g/mol. The standard InChI is InChI=1S/C20H19F3N6O2.CH2O2/c21-13-10-15(23)14(22)8-11(13)7-12(24)9-17(30)29-6-1-3-16(29)20-27-19(28-31-20)18-25-4-2-5-26-18;2-1-3/h2,4-5,8,10,12,16H,1,3,6-7,9,24H2;1H,(H,2,3)/t12-,16+;/m1./s1. The van der Waals surface area contributed by atoms with Gasteiger partial charge in [0, 0.05) is 37.5 Å². The summed E-state index contributed by atoms with van der Waals surface area (Å²) >= 11 is 0. The van der Waals surface area contributed by atoms with Crippen LogP contribution in [0.5, 0.6) is 0 Å². The molecule has 0 unspecified atom stereocenters. The molecule has 3 aromatic rings. The number of hydrogen-bond acceptors (Lipinski definition) is 8. The first-order valence-corrected chi connectivity index (χ1v) is 10.2. The third-order valence-electron chi connectivity index (χ3n) is 5.07. The number of carbonyl (C=O) groups excluding carboxylic acids is 1. The summed E-state index contributed by atoms with van der Waals surface area (Å²) in [5.41, 5.74) is 5.92. The smallest absolute Gasteiger partial charge is 0.290 e. The summed E-state index contributed by atoms with van der Waals surface area (Å²) in [4.78, 5) is 35.2. The molecule has 3 heterocycles. The highest BCUT2D eigenvalue weighted by Gasteiger charge is 2.34. The molecule has 0 spiro atoms. The molecule has 0 aliphatic carbocycles. The van der Waals surface area contributed by atoms with Crippen LogP contribution in [-0.2, 0) is 16.0 Å². The Labute approximate surface area is 191 Å². The zero-order valence-electron chi connectivity index (χ0n) is 17.8. The van der Waals surface area contributed by atoms with Crippen LogP contribution in [0.1, 0.15) is 36.8 Å². The molecule has 180 valence electrons. The van der Waals surface area contributed by atoms with Gasteiger partial charge in [-0.2, -0.15) is 4.98 Å². The van der Waals surface area contributed by atoms with Crippen LogP contribution < -0.4 is 5.73 Å². The fraction of sp³-hybridized carbons (Fsp3) is 0.333. The average molecular weight is 478 g/mol. The molecule has 0 saturated carbocycles. The molecule has 1 aromatic carbocycles. The lowest BCUT2D eigenvalue weighted by molar-refractivity contribution is -0.133. The first-order valence-electron chi connectivity index (χ1n) is 10.2. The zero-order valence-corrected chi connectivity index (χ0v) is 17.8. The molecule has 1 aliphatic heterocycles. The number of aromatic nitrogens is 4. The number of rotatable bonds is 6. The van der Waals surface area contributed by atoms with Gasteiger partial charge in [-0.15, -0.1) is 0 Å². The predicted octanol–water partition coefficient (Wildman–Crippen LogP) is 2.27. The van der Waals surface area contributed by atoms with Crippen molar-refractivity contribution in [1.29, 1.82) is 0 Å². The van der Waals surface area contributed by atoms with Crippen LogP contribution in [0.25, 0.3) is 11.6 Å². The molecular formula is C21H21F3N6O4. The summed E-state index contributed by atoms with van der Waals surface area (Å²) in [5, 5.41) is 10.8. The fourth-order valence-corrected chi connectivity index (χ4v) is 3.61. The summed E-state index contributed by atoms with van der Waals surface area (Å²) < 4.78 is 45.7. The Morgan fingerprint density at radius 1 is 1.21 bits per heavy atom. The first-order chi connectivity index (χ1) is 16.3.